The Morgan fingerprint density at radius 1 is 1.15 bits per heavy atom. The maximum Gasteiger partial charge on any atom is 0.294 e. The van der Waals surface area contributed by atoms with Crippen molar-refractivity contribution in [3.05, 3.63) is 53.6 Å². The Hall–Kier alpha value is -1.69. The van der Waals surface area contributed by atoms with Gasteiger partial charge in [-0.1, -0.05) is 24.3 Å². The first-order valence-corrected chi connectivity index (χ1v) is 7.67. The van der Waals surface area contributed by atoms with Crippen LogP contribution >= 0.6 is 0 Å². The summed E-state index contributed by atoms with van der Waals surface area (Å²) >= 11 is 0. The minimum atomic E-state index is -4.20. The van der Waals surface area contributed by atoms with Crippen molar-refractivity contribution < 1.29 is 13.0 Å². The Morgan fingerprint density at radius 3 is 2.45 bits per heavy atom. The van der Waals surface area contributed by atoms with Crippen molar-refractivity contribution in [2.24, 2.45) is 5.73 Å². The number of hydrogen-bond donors (Lipinski definition) is 2. The Balaban J connectivity index is 2.60. The van der Waals surface area contributed by atoms with Gasteiger partial charge in [0.05, 0.1) is 4.90 Å². The van der Waals surface area contributed by atoms with Crippen LogP contribution in [-0.2, 0) is 10.1 Å². The summed E-state index contributed by atoms with van der Waals surface area (Å²) in [4.78, 5) is -0.107. The molecule has 1 atom stereocenters. The smallest absolute Gasteiger partial charge is 0.294 e. The predicted molar refractivity (Wildman–Crippen MR) is 79.0 cm³/mol. The van der Waals surface area contributed by atoms with E-state index < -0.39 is 10.1 Å². The molecule has 0 saturated heterocycles. The van der Waals surface area contributed by atoms with E-state index in [1.54, 1.807) is 6.07 Å². The van der Waals surface area contributed by atoms with E-state index in [-0.39, 0.29) is 10.9 Å². The molecule has 3 N–H and O–H groups in total. The lowest BCUT2D eigenvalue weighted by atomic mass is 9.97. The van der Waals surface area contributed by atoms with Gasteiger partial charge in [0.15, 0.2) is 0 Å². The molecular formula is C15H17NO3S. The number of hydrogen-bond acceptors (Lipinski definition) is 3. The average Bonchev–Trinajstić information content (AvgIpc) is 2.38. The van der Waals surface area contributed by atoms with Gasteiger partial charge in [0.25, 0.3) is 10.1 Å². The highest BCUT2D eigenvalue weighted by Gasteiger charge is 2.13. The number of benzene rings is 2. The monoisotopic (exact) mass is 291 g/mol. The van der Waals surface area contributed by atoms with E-state index in [1.807, 2.05) is 38.1 Å². The van der Waals surface area contributed by atoms with E-state index in [4.69, 9.17) is 10.3 Å². The predicted octanol–water partition coefficient (Wildman–Crippen LogP) is 2.93. The van der Waals surface area contributed by atoms with Gasteiger partial charge < -0.3 is 5.73 Å². The molecule has 0 aliphatic carbocycles. The van der Waals surface area contributed by atoms with Gasteiger partial charge >= 0.3 is 0 Å². The van der Waals surface area contributed by atoms with Gasteiger partial charge in [-0.3, -0.25) is 4.55 Å². The largest absolute Gasteiger partial charge is 0.324 e. The third-order valence-corrected chi connectivity index (χ3v) is 4.08. The molecule has 0 aliphatic rings. The third-order valence-electron chi connectivity index (χ3n) is 3.23. The van der Waals surface area contributed by atoms with E-state index in [2.05, 4.69) is 0 Å². The Morgan fingerprint density at radius 2 is 1.85 bits per heavy atom. The van der Waals surface area contributed by atoms with Gasteiger partial charge in [0.2, 0.25) is 0 Å². The van der Waals surface area contributed by atoms with E-state index in [1.165, 1.54) is 12.1 Å². The van der Waals surface area contributed by atoms with Crippen molar-refractivity contribution in [3.63, 3.8) is 0 Å². The van der Waals surface area contributed by atoms with Crippen molar-refractivity contribution in [2.75, 3.05) is 0 Å². The van der Waals surface area contributed by atoms with Crippen LogP contribution in [0.2, 0.25) is 0 Å². The number of nitrogens with two attached hydrogens (primary N) is 1. The number of rotatable bonds is 3. The lowest BCUT2D eigenvalue weighted by Crippen LogP contribution is -2.04. The second-order valence-electron chi connectivity index (χ2n) is 4.87. The molecule has 0 bridgehead atoms. The molecule has 0 radical (unpaired) electrons. The second-order valence-corrected chi connectivity index (χ2v) is 6.29. The van der Waals surface area contributed by atoms with E-state index >= 15 is 0 Å². The molecule has 20 heavy (non-hydrogen) atoms. The van der Waals surface area contributed by atoms with Crippen LogP contribution < -0.4 is 5.73 Å². The zero-order chi connectivity index (χ0) is 14.9. The van der Waals surface area contributed by atoms with Crippen molar-refractivity contribution in [2.45, 2.75) is 24.8 Å². The quantitative estimate of drug-likeness (QED) is 0.852. The number of aryl methyl sites for hydroxylation is 1. The lowest BCUT2D eigenvalue weighted by molar-refractivity contribution is 0.483. The molecule has 2 rings (SSSR count). The van der Waals surface area contributed by atoms with E-state index in [0.717, 1.165) is 22.3 Å². The molecule has 0 fully saturated rings. The summed E-state index contributed by atoms with van der Waals surface area (Å²) in [6.07, 6.45) is 0. The van der Waals surface area contributed by atoms with Crippen LogP contribution in [0.25, 0.3) is 11.1 Å². The summed E-state index contributed by atoms with van der Waals surface area (Å²) in [6, 6.07) is 12.1. The average molecular weight is 291 g/mol. The molecule has 2 aromatic rings. The normalized spacial score (nSPS) is 13.2. The van der Waals surface area contributed by atoms with Crippen molar-refractivity contribution in [3.8, 4) is 11.1 Å². The van der Waals surface area contributed by atoms with Gasteiger partial charge in [-0.25, -0.2) is 0 Å². The topological polar surface area (TPSA) is 80.4 Å². The molecule has 2 aromatic carbocycles. The first kappa shape index (κ1) is 14.7. The highest BCUT2D eigenvalue weighted by molar-refractivity contribution is 7.85. The molecule has 0 aromatic heterocycles. The van der Waals surface area contributed by atoms with Crippen molar-refractivity contribution in [1.82, 2.24) is 0 Å². The minimum Gasteiger partial charge on any atom is -0.324 e. The molecule has 4 nitrogen and oxygen atoms in total. The molecule has 106 valence electrons. The zero-order valence-corrected chi connectivity index (χ0v) is 12.2. The van der Waals surface area contributed by atoms with Crippen LogP contribution in [0.1, 0.15) is 24.1 Å². The van der Waals surface area contributed by atoms with Gasteiger partial charge in [0, 0.05) is 6.04 Å². The summed E-state index contributed by atoms with van der Waals surface area (Å²) in [7, 11) is -4.20. The lowest BCUT2D eigenvalue weighted by Gasteiger charge is -2.11. The molecule has 1 unspecified atom stereocenters. The molecular weight excluding hydrogens is 274 g/mol. The zero-order valence-electron chi connectivity index (χ0n) is 11.4. The summed E-state index contributed by atoms with van der Waals surface area (Å²) in [5.74, 6) is 0. The third kappa shape index (κ3) is 3.07. The summed E-state index contributed by atoms with van der Waals surface area (Å²) in [6.45, 7) is 3.78. The summed E-state index contributed by atoms with van der Waals surface area (Å²) < 4.78 is 31.6. The Bertz CT molecular complexity index is 737. The summed E-state index contributed by atoms with van der Waals surface area (Å²) in [5, 5.41) is 0. The van der Waals surface area contributed by atoms with Crippen molar-refractivity contribution >= 4 is 10.1 Å². The first-order chi connectivity index (χ1) is 9.29. The SMILES string of the molecule is Cc1ccc(S(=O)(=O)O)cc1-c1cccc(C(C)N)c1. The molecule has 5 heteroatoms. The van der Waals surface area contributed by atoms with Crippen LogP contribution in [0.5, 0.6) is 0 Å². The van der Waals surface area contributed by atoms with Gasteiger partial charge in [-0.2, -0.15) is 8.42 Å². The highest BCUT2D eigenvalue weighted by Crippen LogP contribution is 2.28. The fourth-order valence-corrected chi connectivity index (χ4v) is 2.57. The van der Waals surface area contributed by atoms with E-state index in [0.29, 0.717) is 0 Å². The Labute approximate surface area is 119 Å². The maximum atomic E-state index is 11.2. The molecule has 0 aliphatic heterocycles. The molecule has 0 spiro atoms. The molecule has 0 amide bonds. The van der Waals surface area contributed by atoms with Crippen LogP contribution in [0.3, 0.4) is 0 Å². The summed E-state index contributed by atoms with van der Waals surface area (Å²) in [5.41, 5.74) is 9.41. The minimum absolute atomic E-state index is 0.0972. The van der Waals surface area contributed by atoms with Crippen LogP contribution in [0.15, 0.2) is 47.4 Å². The fraction of sp³-hybridized carbons (Fsp3) is 0.200. The second kappa shape index (κ2) is 5.36. The van der Waals surface area contributed by atoms with Crippen molar-refractivity contribution in [1.29, 1.82) is 0 Å². The molecule has 0 saturated carbocycles. The standard InChI is InChI=1S/C15H17NO3S/c1-10-6-7-14(20(17,18)19)9-15(10)13-5-3-4-12(8-13)11(2)16/h3-9,11H,16H2,1-2H3,(H,17,18,19). The van der Waals surface area contributed by atoms with Gasteiger partial charge in [-0.15, -0.1) is 0 Å². The fourth-order valence-electron chi connectivity index (χ4n) is 2.06. The maximum absolute atomic E-state index is 11.2. The Kier molecular flexibility index (Phi) is 3.94. The van der Waals surface area contributed by atoms with E-state index in [9.17, 15) is 8.42 Å². The first-order valence-electron chi connectivity index (χ1n) is 6.23. The van der Waals surface area contributed by atoms with Gasteiger partial charge in [-0.05, 0) is 54.3 Å². The molecule has 0 heterocycles. The van der Waals surface area contributed by atoms with Crippen LogP contribution in [-0.4, -0.2) is 13.0 Å². The van der Waals surface area contributed by atoms with Crippen LogP contribution in [0, 0.1) is 6.92 Å². The highest BCUT2D eigenvalue weighted by atomic mass is 32.2. The van der Waals surface area contributed by atoms with Gasteiger partial charge in [0.1, 0.15) is 0 Å². The van der Waals surface area contributed by atoms with Crippen LogP contribution in [0.4, 0.5) is 0 Å².